The Labute approximate surface area is 91.5 Å². The number of carbonyl (C=O) groups is 1. The smallest absolute Gasteiger partial charge is 0.126 e. The van der Waals surface area contributed by atoms with Crippen molar-refractivity contribution in [1.29, 1.82) is 0 Å². The van der Waals surface area contributed by atoms with E-state index in [4.69, 9.17) is 0 Å². The molecular weight excluding hydrogens is 184 g/mol. The van der Waals surface area contributed by atoms with Crippen LogP contribution < -0.4 is 0 Å². The number of fused-ring (bicyclic) bond motifs is 1. The zero-order chi connectivity index (χ0) is 11.1. The minimum absolute atomic E-state index is 0.223. The maximum Gasteiger partial charge on any atom is 0.126 e. The minimum Gasteiger partial charge on any atom is -0.303 e. The highest BCUT2D eigenvalue weighted by molar-refractivity contribution is 5.62. The van der Waals surface area contributed by atoms with E-state index in [0.717, 1.165) is 19.1 Å². The summed E-state index contributed by atoms with van der Waals surface area (Å²) in [7, 11) is 0. The SMILES string of the molecule is Cc1cccc2c1CCC2C(C)(C)C=O. The summed E-state index contributed by atoms with van der Waals surface area (Å²) in [5, 5.41) is 0. The molecule has 1 aliphatic rings. The largest absolute Gasteiger partial charge is 0.303 e. The molecule has 0 aromatic heterocycles. The van der Waals surface area contributed by atoms with Crippen molar-refractivity contribution in [1.82, 2.24) is 0 Å². The molecule has 0 saturated heterocycles. The van der Waals surface area contributed by atoms with Crippen LogP contribution in [0, 0.1) is 12.3 Å². The van der Waals surface area contributed by atoms with E-state index >= 15 is 0 Å². The van der Waals surface area contributed by atoms with Gasteiger partial charge in [0.05, 0.1) is 0 Å². The Morgan fingerprint density at radius 3 is 2.80 bits per heavy atom. The first-order chi connectivity index (χ1) is 7.06. The van der Waals surface area contributed by atoms with Gasteiger partial charge in [-0.3, -0.25) is 0 Å². The van der Waals surface area contributed by atoms with Crippen molar-refractivity contribution >= 4 is 6.29 Å². The molecular formula is C14H18O. The van der Waals surface area contributed by atoms with Crippen LogP contribution in [0.3, 0.4) is 0 Å². The minimum atomic E-state index is -0.223. The molecule has 80 valence electrons. The third-order valence-corrected chi connectivity index (χ3v) is 3.71. The average Bonchev–Trinajstić information content (AvgIpc) is 2.63. The summed E-state index contributed by atoms with van der Waals surface area (Å²) in [6.45, 7) is 6.25. The summed E-state index contributed by atoms with van der Waals surface area (Å²) in [6.07, 6.45) is 3.35. The number of hydrogen-bond donors (Lipinski definition) is 0. The fourth-order valence-corrected chi connectivity index (χ4v) is 2.69. The van der Waals surface area contributed by atoms with Gasteiger partial charge >= 0.3 is 0 Å². The number of hydrogen-bond acceptors (Lipinski definition) is 1. The van der Waals surface area contributed by atoms with Crippen LogP contribution in [0.4, 0.5) is 0 Å². The Morgan fingerprint density at radius 2 is 2.13 bits per heavy atom. The van der Waals surface area contributed by atoms with Crippen molar-refractivity contribution in [3.05, 3.63) is 34.9 Å². The molecule has 1 atom stereocenters. The Kier molecular flexibility index (Phi) is 2.41. The van der Waals surface area contributed by atoms with E-state index in [9.17, 15) is 4.79 Å². The number of aldehydes is 1. The molecule has 0 aliphatic heterocycles. The van der Waals surface area contributed by atoms with Crippen LogP contribution in [0.15, 0.2) is 18.2 Å². The van der Waals surface area contributed by atoms with E-state index in [2.05, 4.69) is 25.1 Å². The van der Waals surface area contributed by atoms with Gasteiger partial charge in [-0.05, 0) is 42.4 Å². The van der Waals surface area contributed by atoms with E-state index in [-0.39, 0.29) is 5.41 Å². The van der Waals surface area contributed by atoms with Gasteiger partial charge < -0.3 is 4.79 Å². The highest BCUT2D eigenvalue weighted by Crippen LogP contribution is 2.44. The third kappa shape index (κ3) is 1.60. The zero-order valence-electron chi connectivity index (χ0n) is 9.71. The summed E-state index contributed by atoms with van der Waals surface area (Å²) < 4.78 is 0. The lowest BCUT2D eigenvalue weighted by molar-refractivity contribution is -0.115. The lowest BCUT2D eigenvalue weighted by Crippen LogP contribution is -2.21. The van der Waals surface area contributed by atoms with E-state index in [0.29, 0.717) is 5.92 Å². The Morgan fingerprint density at radius 1 is 1.40 bits per heavy atom. The van der Waals surface area contributed by atoms with E-state index in [1.54, 1.807) is 0 Å². The topological polar surface area (TPSA) is 17.1 Å². The second-order valence-corrected chi connectivity index (χ2v) is 5.17. The van der Waals surface area contributed by atoms with Gasteiger partial charge in [0.25, 0.3) is 0 Å². The molecule has 0 saturated carbocycles. The first kappa shape index (κ1) is 10.4. The molecule has 0 fully saturated rings. The van der Waals surface area contributed by atoms with Crippen LogP contribution in [-0.4, -0.2) is 6.29 Å². The Bertz CT molecular complexity index is 390. The molecule has 1 unspecified atom stereocenters. The highest BCUT2D eigenvalue weighted by atomic mass is 16.1. The predicted molar refractivity (Wildman–Crippen MR) is 62.1 cm³/mol. The molecule has 0 radical (unpaired) electrons. The molecule has 15 heavy (non-hydrogen) atoms. The molecule has 1 aromatic rings. The molecule has 0 heterocycles. The van der Waals surface area contributed by atoms with Gasteiger partial charge in [-0.1, -0.05) is 32.0 Å². The van der Waals surface area contributed by atoms with E-state index in [1.165, 1.54) is 16.7 Å². The van der Waals surface area contributed by atoms with Gasteiger partial charge in [0.15, 0.2) is 0 Å². The normalized spacial score (nSPS) is 20.1. The molecule has 0 spiro atoms. The van der Waals surface area contributed by atoms with Crippen LogP contribution in [0.25, 0.3) is 0 Å². The van der Waals surface area contributed by atoms with Gasteiger partial charge in [0.2, 0.25) is 0 Å². The van der Waals surface area contributed by atoms with Crippen LogP contribution in [0.1, 0.15) is 42.9 Å². The molecule has 0 bridgehead atoms. The Hall–Kier alpha value is -1.11. The molecule has 1 aliphatic carbocycles. The van der Waals surface area contributed by atoms with Gasteiger partial charge in [-0.15, -0.1) is 0 Å². The van der Waals surface area contributed by atoms with Crippen molar-refractivity contribution in [3.63, 3.8) is 0 Å². The predicted octanol–water partition coefficient (Wildman–Crippen LogP) is 3.25. The number of rotatable bonds is 2. The molecule has 1 heteroatoms. The fraction of sp³-hybridized carbons (Fsp3) is 0.500. The van der Waals surface area contributed by atoms with Crippen molar-refractivity contribution in [2.45, 2.75) is 39.5 Å². The third-order valence-electron chi connectivity index (χ3n) is 3.71. The average molecular weight is 202 g/mol. The number of carbonyl (C=O) groups excluding carboxylic acids is 1. The van der Waals surface area contributed by atoms with Gasteiger partial charge in [0, 0.05) is 5.41 Å². The zero-order valence-corrected chi connectivity index (χ0v) is 9.71. The number of aryl methyl sites for hydroxylation is 1. The maximum absolute atomic E-state index is 11.1. The van der Waals surface area contributed by atoms with Crippen molar-refractivity contribution < 1.29 is 4.79 Å². The van der Waals surface area contributed by atoms with Gasteiger partial charge in [-0.25, -0.2) is 0 Å². The fourth-order valence-electron chi connectivity index (χ4n) is 2.69. The first-order valence-corrected chi connectivity index (χ1v) is 5.61. The summed E-state index contributed by atoms with van der Waals surface area (Å²) in [4.78, 5) is 11.1. The second kappa shape index (κ2) is 3.48. The van der Waals surface area contributed by atoms with Crippen molar-refractivity contribution in [3.8, 4) is 0 Å². The van der Waals surface area contributed by atoms with Gasteiger partial charge in [0.1, 0.15) is 6.29 Å². The van der Waals surface area contributed by atoms with E-state index in [1.807, 2.05) is 13.8 Å². The molecule has 1 aromatic carbocycles. The summed E-state index contributed by atoms with van der Waals surface area (Å²) in [5.41, 5.74) is 4.01. The summed E-state index contributed by atoms with van der Waals surface area (Å²) in [5.74, 6) is 0.407. The maximum atomic E-state index is 11.1. The molecule has 2 rings (SSSR count). The van der Waals surface area contributed by atoms with Crippen molar-refractivity contribution in [2.75, 3.05) is 0 Å². The van der Waals surface area contributed by atoms with Crippen molar-refractivity contribution in [2.24, 2.45) is 5.41 Å². The van der Waals surface area contributed by atoms with E-state index < -0.39 is 0 Å². The lowest BCUT2D eigenvalue weighted by Gasteiger charge is -2.26. The van der Waals surface area contributed by atoms with Crippen LogP contribution in [-0.2, 0) is 11.2 Å². The van der Waals surface area contributed by atoms with Gasteiger partial charge in [-0.2, -0.15) is 0 Å². The molecule has 1 nitrogen and oxygen atoms in total. The molecule has 0 N–H and O–H groups in total. The highest BCUT2D eigenvalue weighted by Gasteiger charge is 2.35. The summed E-state index contributed by atoms with van der Waals surface area (Å²) >= 11 is 0. The Balaban J connectivity index is 2.45. The number of benzene rings is 1. The van der Waals surface area contributed by atoms with Crippen LogP contribution >= 0.6 is 0 Å². The molecule has 0 amide bonds. The quantitative estimate of drug-likeness (QED) is 0.673. The van der Waals surface area contributed by atoms with Crippen LogP contribution in [0.2, 0.25) is 0 Å². The monoisotopic (exact) mass is 202 g/mol. The first-order valence-electron chi connectivity index (χ1n) is 5.61. The summed E-state index contributed by atoms with van der Waals surface area (Å²) in [6, 6.07) is 6.45. The second-order valence-electron chi connectivity index (χ2n) is 5.17. The lowest BCUT2D eigenvalue weighted by atomic mass is 9.77. The standard InChI is InChI=1S/C14H18O/c1-10-5-4-6-12-11(10)7-8-13(12)14(2,3)9-15/h4-6,9,13H,7-8H2,1-3H3. The van der Waals surface area contributed by atoms with Crippen LogP contribution in [0.5, 0.6) is 0 Å².